The van der Waals surface area contributed by atoms with Gasteiger partial charge in [0, 0.05) is 19.3 Å². The van der Waals surface area contributed by atoms with Crippen LogP contribution in [0.15, 0.2) is 59.5 Å². The van der Waals surface area contributed by atoms with E-state index < -0.39 is 9.84 Å². The van der Waals surface area contributed by atoms with E-state index in [-0.39, 0.29) is 23.7 Å². The van der Waals surface area contributed by atoms with E-state index in [0.717, 1.165) is 57.4 Å². The summed E-state index contributed by atoms with van der Waals surface area (Å²) in [6.45, 7) is 6.70. The van der Waals surface area contributed by atoms with Crippen LogP contribution in [-0.4, -0.2) is 56.6 Å². The topological polar surface area (TPSA) is 57.7 Å². The molecule has 180 valence electrons. The lowest BCUT2D eigenvalue weighted by Gasteiger charge is -2.38. The van der Waals surface area contributed by atoms with Crippen LogP contribution in [-0.2, 0) is 21.2 Å². The van der Waals surface area contributed by atoms with Crippen molar-refractivity contribution < 1.29 is 13.2 Å². The third-order valence-corrected chi connectivity index (χ3v) is 8.51. The first-order valence-corrected chi connectivity index (χ1v) is 13.5. The summed E-state index contributed by atoms with van der Waals surface area (Å²) in [6.07, 6.45) is 5.16. The summed E-state index contributed by atoms with van der Waals surface area (Å²) in [5.74, 6) is 0.826. The molecule has 0 saturated carbocycles. The zero-order valence-electron chi connectivity index (χ0n) is 19.6. The highest BCUT2D eigenvalue weighted by atomic mass is 35.5. The average Bonchev–Trinajstić information content (AvgIpc) is 3.08. The molecule has 1 atom stereocenters. The Bertz CT molecular complexity index is 1030. The third kappa shape index (κ3) is 5.97. The molecule has 2 heterocycles. The Morgan fingerprint density at radius 1 is 0.939 bits per heavy atom. The van der Waals surface area contributed by atoms with Gasteiger partial charge in [0.05, 0.1) is 10.3 Å². The fourth-order valence-electron chi connectivity index (χ4n) is 5.10. The smallest absolute Gasteiger partial charge is 0.229 e. The van der Waals surface area contributed by atoms with Gasteiger partial charge in [-0.05, 0) is 74.5 Å². The summed E-state index contributed by atoms with van der Waals surface area (Å²) < 4.78 is 23.3. The molecule has 2 saturated heterocycles. The minimum atomic E-state index is -3.20. The van der Waals surface area contributed by atoms with Crippen molar-refractivity contribution in [1.82, 2.24) is 9.80 Å². The second-order valence-corrected chi connectivity index (χ2v) is 11.6. The van der Waals surface area contributed by atoms with Crippen LogP contribution >= 0.6 is 12.4 Å². The Labute approximate surface area is 204 Å². The van der Waals surface area contributed by atoms with Gasteiger partial charge in [-0.15, -0.1) is 12.4 Å². The maximum atomic E-state index is 13.3. The number of amides is 1. The molecular weight excluding hydrogens is 456 g/mol. The van der Waals surface area contributed by atoms with Gasteiger partial charge >= 0.3 is 0 Å². The van der Waals surface area contributed by atoms with Gasteiger partial charge in [0.2, 0.25) is 5.91 Å². The molecule has 2 aliphatic rings. The predicted molar refractivity (Wildman–Crippen MR) is 134 cm³/mol. The van der Waals surface area contributed by atoms with Crippen molar-refractivity contribution in [2.45, 2.75) is 50.0 Å². The van der Waals surface area contributed by atoms with Crippen molar-refractivity contribution in [3.63, 3.8) is 0 Å². The van der Waals surface area contributed by atoms with Crippen molar-refractivity contribution in [3.05, 3.63) is 65.7 Å². The SMILES string of the molecule is CC(CCN1CCC2(CC1)CCN(Cc1ccc(S(C)(=O)=O)cc1)C2=O)c1ccccc1.Cl. The largest absolute Gasteiger partial charge is 0.338 e. The number of nitrogens with zero attached hydrogens (tertiary/aromatic N) is 2. The van der Waals surface area contributed by atoms with E-state index in [1.165, 1.54) is 11.8 Å². The first-order chi connectivity index (χ1) is 15.3. The summed E-state index contributed by atoms with van der Waals surface area (Å²) >= 11 is 0. The number of halogens is 1. The number of carbonyl (C=O) groups excluding carboxylic acids is 1. The van der Waals surface area contributed by atoms with Gasteiger partial charge in [-0.25, -0.2) is 8.42 Å². The summed E-state index contributed by atoms with van der Waals surface area (Å²) in [6, 6.07) is 17.6. The Hall–Kier alpha value is -1.89. The van der Waals surface area contributed by atoms with Crippen LogP contribution in [0.25, 0.3) is 0 Å². The van der Waals surface area contributed by atoms with Gasteiger partial charge in [0.1, 0.15) is 0 Å². The standard InChI is InChI=1S/C26H34N2O3S.ClH/c1-21(23-6-4-3-5-7-23)12-16-27-17-13-26(14-18-27)15-19-28(25(26)29)20-22-8-10-24(11-9-22)32(2,30)31;/h3-11,21H,12-20H2,1-2H3;1H. The molecule has 1 unspecified atom stereocenters. The number of piperidine rings is 1. The Kier molecular flexibility index (Phi) is 8.25. The minimum Gasteiger partial charge on any atom is -0.338 e. The molecule has 0 aromatic heterocycles. The van der Waals surface area contributed by atoms with Crippen LogP contribution in [0.1, 0.15) is 49.7 Å². The van der Waals surface area contributed by atoms with Crippen molar-refractivity contribution in [2.75, 3.05) is 32.4 Å². The fourth-order valence-corrected chi connectivity index (χ4v) is 5.73. The maximum absolute atomic E-state index is 13.3. The molecule has 0 aliphatic carbocycles. The number of benzene rings is 2. The van der Waals surface area contributed by atoms with Gasteiger partial charge in [-0.2, -0.15) is 0 Å². The summed E-state index contributed by atoms with van der Waals surface area (Å²) in [5, 5.41) is 0. The summed E-state index contributed by atoms with van der Waals surface area (Å²) in [7, 11) is -3.20. The monoisotopic (exact) mass is 490 g/mol. The van der Waals surface area contributed by atoms with E-state index in [0.29, 0.717) is 17.4 Å². The van der Waals surface area contributed by atoms with Crippen molar-refractivity contribution in [3.8, 4) is 0 Å². The number of likely N-dealkylation sites (tertiary alicyclic amines) is 2. The first-order valence-electron chi connectivity index (χ1n) is 11.6. The number of hydrogen-bond donors (Lipinski definition) is 0. The summed E-state index contributed by atoms with van der Waals surface area (Å²) in [4.78, 5) is 18.1. The number of carbonyl (C=O) groups is 1. The molecule has 7 heteroatoms. The molecule has 2 aliphatic heterocycles. The number of sulfone groups is 1. The predicted octanol–water partition coefficient (Wildman–Crippen LogP) is 4.52. The highest BCUT2D eigenvalue weighted by Gasteiger charge is 2.47. The van der Waals surface area contributed by atoms with E-state index >= 15 is 0 Å². The average molecular weight is 491 g/mol. The van der Waals surface area contributed by atoms with E-state index in [4.69, 9.17) is 0 Å². The van der Waals surface area contributed by atoms with Gasteiger partial charge in [0.15, 0.2) is 9.84 Å². The maximum Gasteiger partial charge on any atom is 0.229 e. The van der Waals surface area contributed by atoms with Gasteiger partial charge in [-0.3, -0.25) is 4.79 Å². The molecule has 0 radical (unpaired) electrons. The van der Waals surface area contributed by atoms with Crippen LogP contribution in [0.2, 0.25) is 0 Å². The zero-order chi connectivity index (χ0) is 22.8. The molecule has 1 spiro atoms. The molecule has 2 aromatic rings. The summed E-state index contributed by atoms with van der Waals surface area (Å²) in [5.41, 5.74) is 2.18. The molecule has 5 nitrogen and oxygen atoms in total. The molecule has 0 bridgehead atoms. The highest BCUT2D eigenvalue weighted by Crippen LogP contribution is 2.42. The van der Waals surface area contributed by atoms with Crippen molar-refractivity contribution in [2.24, 2.45) is 5.41 Å². The quantitative estimate of drug-likeness (QED) is 0.572. The zero-order valence-corrected chi connectivity index (χ0v) is 21.2. The lowest BCUT2D eigenvalue weighted by Crippen LogP contribution is -2.44. The first kappa shape index (κ1) is 25.7. The third-order valence-electron chi connectivity index (χ3n) is 7.39. The van der Waals surface area contributed by atoms with Gasteiger partial charge in [-0.1, -0.05) is 49.4 Å². The van der Waals surface area contributed by atoms with Crippen LogP contribution < -0.4 is 0 Å². The molecule has 2 fully saturated rings. The minimum absolute atomic E-state index is 0. The molecule has 33 heavy (non-hydrogen) atoms. The highest BCUT2D eigenvalue weighted by molar-refractivity contribution is 7.90. The van der Waals surface area contributed by atoms with E-state index in [2.05, 4.69) is 42.2 Å². The van der Waals surface area contributed by atoms with Crippen LogP contribution in [0, 0.1) is 5.41 Å². The van der Waals surface area contributed by atoms with E-state index in [1.807, 2.05) is 17.0 Å². The van der Waals surface area contributed by atoms with E-state index in [9.17, 15) is 13.2 Å². The molecule has 4 rings (SSSR count). The van der Waals surface area contributed by atoms with Crippen LogP contribution in [0.5, 0.6) is 0 Å². The van der Waals surface area contributed by atoms with Gasteiger partial charge in [0.25, 0.3) is 0 Å². The lowest BCUT2D eigenvalue weighted by atomic mass is 9.77. The lowest BCUT2D eigenvalue weighted by molar-refractivity contribution is -0.138. The van der Waals surface area contributed by atoms with Crippen LogP contribution in [0.4, 0.5) is 0 Å². The molecule has 2 aromatic carbocycles. The second kappa shape index (κ2) is 10.6. The molecule has 0 N–H and O–H groups in total. The fraction of sp³-hybridized carbons (Fsp3) is 0.500. The number of rotatable bonds is 7. The van der Waals surface area contributed by atoms with Gasteiger partial charge < -0.3 is 9.80 Å². The Morgan fingerprint density at radius 2 is 1.55 bits per heavy atom. The second-order valence-electron chi connectivity index (χ2n) is 9.62. The van der Waals surface area contributed by atoms with E-state index in [1.54, 1.807) is 12.1 Å². The van der Waals surface area contributed by atoms with Crippen LogP contribution in [0.3, 0.4) is 0 Å². The normalized spacial score (nSPS) is 19.5. The Balaban J connectivity index is 0.00000306. The molecule has 1 amide bonds. The molecular formula is C26H35ClN2O3S. The van der Waals surface area contributed by atoms with Crippen molar-refractivity contribution >= 4 is 28.2 Å². The number of hydrogen-bond acceptors (Lipinski definition) is 4. The Morgan fingerprint density at radius 3 is 2.15 bits per heavy atom. The van der Waals surface area contributed by atoms with Crippen molar-refractivity contribution in [1.29, 1.82) is 0 Å².